The van der Waals surface area contributed by atoms with Gasteiger partial charge in [0.2, 0.25) is 0 Å². The van der Waals surface area contributed by atoms with Crippen molar-refractivity contribution in [2.24, 2.45) is 5.92 Å². The molecule has 1 rings (SSSR count). The van der Waals surface area contributed by atoms with Crippen molar-refractivity contribution >= 4 is 0 Å². The molecule has 0 aromatic heterocycles. The SMILES string of the molecule is CCCc1ccc(C(O)COCCOCC(C)C)cc1. The second-order valence-corrected chi connectivity index (χ2v) is 5.55. The third kappa shape index (κ3) is 7.04. The maximum absolute atomic E-state index is 10.0. The fourth-order valence-corrected chi connectivity index (χ4v) is 1.92. The van der Waals surface area contributed by atoms with Crippen LogP contribution in [-0.4, -0.2) is 31.5 Å². The lowest BCUT2D eigenvalue weighted by atomic mass is 10.0. The lowest BCUT2D eigenvalue weighted by Gasteiger charge is -2.13. The maximum Gasteiger partial charge on any atom is 0.102 e. The molecule has 1 aromatic carbocycles. The molecule has 1 unspecified atom stereocenters. The first-order valence-electron chi connectivity index (χ1n) is 7.55. The summed E-state index contributed by atoms with van der Waals surface area (Å²) in [5.74, 6) is 0.544. The van der Waals surface area contributed by atoms with Gasteiger partial charge in [0.1, 0.15) is 6.10 Å². The number of aryl methyl sites for hydroxylation is 1. The molecule has 0 aliphatic rings. The van der Waals surface area contributed by atoms with E-state index in [9.17, 15) is 5.11 Å². The van der Waals surface area contributed by atoms with Crippen molar-refractivity contribution in [3.05, 3.63) is 35.4 Å². The summed E-state index contributed by atoms with van der Waals surface area (Å²) in [6, 6.07) is 8.12. The highest BCUT2D eigenvalue weighted by atomic mass is 16.5. The van der Waals surface area contributed by atoms with E-state index < -0.39 is 6.10 Å². The molecule has 0 saturated carbocycles. The molecule has 0 fully saturated rings. The van der Waals surface area contributed by atoms with Crippen molar-refractivity contribution < 1.29 is 14.6 Å². The fourth-order valence-electron chi connectivity index (χ4n) is 1.92. The first kappa shape index (κ1) is 17.2. The van der Waals surface area contributed by atoms with Crippen LogP contribution < -0.4 is 0 Å². The Morgan fingerprint density at radius 3 is 2.15 bits per heavy atom. The summed E-state index contributed by atoms with van der Waals surface area (Å²) in [6.07, 6.45) is 1.66. The van der Waals surface area contributed by atoms with E-state index in [1.807, 2.05) is 12.1 Å². The highest BCUT2D eigenvalue weighted by molar-refractivity contribution is 5.24. The van der Waals surface area contributed by atoms with Crippen molar-refractivity contribution in [3.8, 4) is 0 Å². The lowest BCUT2D eigenvalue weighted by Crippen LogP contribution is -2.12. The van der Waals surface area contributed by atoms with Crippen molar-refractivity contribution in [3.63, 3.8) is 0 Å². The number of rotatable bonds is 10. The summed E-state index contributed by atoms with van der Waals surface area (Å²) < 4.78 is 10.9. The molecule has 1 aromatic rings. The number of ether oxygens (including phenoxy) is 2. The van der Waals surface area contributed by atoms with Gasteiger partial charge >= 0.3 is 0 Å². The molecule has 0 aliphatic heterocycles. The number of aliphatic hydroxyl groups is 1. The van der Waals surface area contributed by atoms with E-state index in [1.54, 1.807) is 0 Å². The minimum atomic E-state index is -0.559. The van der Waals surface area contributed by atoms with Gasteiger partial charge in [-0.2, -0.15) is 0 Å². The average molecular weight is 280 g/mol. The van der Waals surface area contributed by atoms with Crippen molar-refractivity contribution in [1.82, 2.24) is 0 Å². The van der Waals surface area contributed by atoms with Crippen LogP contribution in [-0.2, 0) is 15.9 Å². The monoisotopic (exact) mass is 280 g/mol. The Kier molecular flexibility index (Phi) is 8.51. The smallest absolute Gasteiger partial charge is 0.102 e. The quantitative estimate of drug-likeness (QED) is 0.668. The van der Waals surface area contributed by atoms with Crippen LogP contribution in [0.25, 0.3) is 0 Å². The van der Waals surface area contributed by atoms with Gasteiger partial charge < -0.3 is 14.6 Å². The van der Waals surface area contributed by atoms with E-state index in [-0.39, 0.29) is 0 Å². The summed E-state index contributed by atoms with van der Waals surface area (Å²) in [7, 11) is 0. The molecule has 0 radical (unpaired) electrons. The fraction of sp³-hybridized carbons (Fsp3) is 0.647. The number of hydrogen-bond donors (Lipinski definition) is 1. The third-order valence-corrected chi connectivity index (χ3v) is 3.00. The van der Waals surface area contributed by atoms with Gasteiger partial charge in [-0.15, -0.1) is 0 Å². The van der Waals surface area contributed by atoms with Gasteiger partial charge in [-0.25, -0.2) is 0 Å². The molecular weight excluding hydrogens is 252 g/mol. The van der Waals surface area contributed by atoms with Crippen LogP contribution in [0.5, 0.6) is 0 Å². The topological polar surface area (TPSA) is 38.7 Å². The third-order valence-electron chi connectivity index (χ3n) is 3.00. The number of benzene rings is 1. The Hall–Kier alpha value is -0.900. The van der Waals surface area contributed by atoms with E-state index >= 15 is 0 Å². The Balaban J connectivity index is 2.20. The van der Waals surface area contributed by atoms with Crippen LogP contribution in [0.3, 0.4) is 0 Å². The van der Waals surface area contributed by atoms with E-state index in [4.69, 9.17) is 9.47 Å². The average Bonchev–Trinajstić information content (AvgIpc) is 2.43. The first-order valence-corrected chi connectivity index (χ1v) is 7.55. The number of hydrogen-bond acceptors (Lipinski definition) is 3. The first-order chi connectivity index (χ1) is 9.63. The Bertz CT molecular complexity index is 346. The van der Waals surface area contributed by atoms with Crippen LogP contribution in [0, 0.1) is 5.92 Å². The second-order valence-electron chi connectivity index (χ2n) is 5.55. The second kappa shape index (κ2) is 9.92. The van der Waals surface area contributed by atoms with E-state index in [0.717, 1.165) is 25.0 Å². The molecule has 0 aliphatic carbocycles. The molecule has 1 N–H and O–H groups in total. The highest BCUT2D eigenvalue weighted by Crippen LogP contribution is 2.15. The molecule has 0 saturated heterocycles. The van der Waals surface area contributed by atoms with Crippen molar-refractivity contribution in [1.29, 1.82) is 0 Å². The van der Waals surface area contributed by atoms with Gasteiger partial charge in [0.25, 0.3) is 0 Å². The van der Waals surface area contributed by atoms with Gasteiger partial charge in [-0.1, -0.05) is 51.5 Å². The Labute approximate surface area is 122 Å². The van der Waals surface area contributed by atoms with Crippen LogP contribution >= 0.6 is 0 Å². The maximum atomic E-state index is 10.0. The number of aliphatic hydroxyl groups excluding tert-OH is 1. The van der Waals surface area contributed by atoms with Gasteiger partial charge in [-0.05, 0) is 23.5 Å². The van der Waals surface area contributed by atoms with E-state index in [0.29, 0.717) is 25.7 Å². The molecule has 0 amide bonds. The van der Waals surface area contributed by atoms with Gasteiger partial charge in [0.15, 0.2) is 0 Å². The molecule has 3 nitrogen and oxygen atoms in total. The van der Waals surface area contributed by atoms with E-state index in [2.05, 4.69) is 32.9 Å². The minimum absolute atomic E-state index is 0.318. The lowest BCUT2D eigenvalue weighted by molar-refractivity contribution is -0.00122. The molecule has 0 bridgehead atoms. The van der Waals surface area contributed by atoms with Crippen molar-refractivity contribution in [2.45, 2.75) is 39.7 Å². The van der Waals surface area contributed by atoms with Crippen molar-refractivity contribution in [2.75, 3.05) is 26.4 Å². The Morgan fingerprint density at radius 2 is 1.60 bits per heavy atom. The summed E-state index contributed by atoms with van der Waals surface area (Å²) in [5.41, 5.74) is 2.22. The summed E-state index contributed by atoms with van der Waals surface area (Å²) in [6.45, 7) is 8.58. The zero-order chi connectivity index (χ0) is 14.8. The predicted molar refractivity (Wildman–Crippen MR) is 81.9 cm³/mol. The summed E-state index contributed by atoms with van der Waals surface area (Å²) in [5, 5.41) is 10.0. The van der Waals surface area contributed by atoms with Crippen LogP contribution in [0.1, 0.15) is 44.4 Å². The molecular formula is C17H28O3. The standard InChI is InChI=1S/C17H28O3/c1-4-5-15-6-8-16(9-7-15)17(18)13-20-11-10-19-12-14(2)3/h6-9,14,17-18H,4-5,10-13H2,1-3H3. The molecule has 3 heteroatoms. The molecule has 0 heterocycles. The normalized spacial score (nSPS) is 12.8. The van der Waals surface area contributed by atoms with E-state index in [1.165, 1.54) is 5.56 Å². The predicted octanol–water partition coefficient (Wildman–Crippen LogP) is 3.36. The van der Waals surface area contributed by atoms with Crippen LogP contribution in [0.15, 0.2) is 24.3 Å². The molecule has 114 valence electrons. The van der Waals surface area contributed by atoms with Gasteiger partial charge in [0.05, 0.1) is 19.8 Å². The zero-order valence-corrected chi connectivity index (χ0v) is 13.0. The summed E-state index contributed by atoms with van der Waals surface area (Å²) in [4.78, 5) is 0. The highest BCUT2D eigenvalue weighted by Gasteiger charge is 2.07. The van der Waals surface area contributed by atoms with Crippen LogP contribution in [0.2, 0.25) is 0 Å². The molecule has 0 spiro atoms. The zero-order valence-electron chi connectivity index (χ0n) is 13.0. The largest absolute Gasteiger partial charge is 0.386 e. The van der Waals surface area contributed by atoms with Gasteiger partial charge in [-0.3, -0.25) is 0 Å². The minimum Gasteiger partial charge on any atom is -0.386 e. The summed E-state index contributed by atoms with van der Waals surface area (Å²) >= 11 is 0. The molecule has 20 heavy (non-hydrogen) atoms. The van der Waals surface area contributed by atoms with Crippen LogP contribution in [0.4, 0.5) is 0 Å². The van der Waals surface area contributed by atoms with Gasteiger partial charge in [0, 0.05) is 6.61 Å². The molecule has 1 atom stereocenters. The Morgan fingerprint density at radius 1 is 1.00 bits per heavy atom.